The molecule has 1 heterocycles. The van der Waals surface area contributed by atoms with E-state index in [1.165, 1.54) is 0 Å². The number of furan rings is 1. The second kappa shape index (κ2) is 9.59. The highest BCUT2D eigenvalue weighted by molar-refractivity contribution is 5.99. The molecule has 3 aromatic rings. The topological polar surface area (TPSA) is 77.8 Å². The van der Waals surface area contributed by atoms with Gasteiger partial charge in [-0.2, -0.15) is 0 Å². The molecule has 1 aromatic heterocycles. The van der Waals surface area contributed by atoms with Crippen LogP contribution < -0.4 is 5.32 Å². The molecule has 6 nitrogen and oxygen atoms in total. The molecule has 0 saturated carbocycles. The third-order valence-corrected chi connectivity index (χ3v) is 4.72. The van der Waals surface area contributed by atoms with Gasteiger partial charge in [0.05, 0.1) is 25.2 Å². The molecule has 0 saturated heterocycles. The normalized spacial score (nSPS) is 12.2. The lowest BCUT2D eigenvalue weighted by molar-refractivity contribution is -0.147. The largest absolute Gasteiger partial charge is 0.463 e. The summed E-state index contributed by atoms with van der Waals surface area (Å²) in [5, 5.41) is 3.77. The predicted octanol–water partition coefficient (Wildman–Crippen LogP) is 4.70. The van der Waals surface area contributed by atoms with Crippen LogP contribution in [-0.4, -0.2) is 25.1 Å². The molecule has 0 spiro atoms. The number of carbonyl (C=O) groups excluding carboxylic acids is 2. The fourth-order valence-corrected chi connectivity index (χ4v) is 3.32. The van der Waals surface area contributed by atoms with Gasteiger partial charge in [0, 0.05) is 18.1 Å². The first-order valence-corrected chi connectivity index (χ1v) is 9.95. The molecule has 0 fully saturated rings. The highest BCUT2D eigenvalue weighted by Gasteiger charge is 2.25. The van der Waals surface area contributed by atoms with E-state index in [0.717, 1.165) is 16.5 Å². The molecule has 1 unspecified atom stereocenters. The average Bonchev–Trinajstić information content (AvgIpc) is 3.06. The van der Waals surface area contributed by atoms with Gasteiger partial charge in [0.25, 0.3) is 5.91 Å². The number of fused-ring (bicyclic) bond motifs is 1. The van der Waals surface area contributed by atoms with Crippen LogP contribution in [0.5, 0.6) is 0 Å². The van der Waals surface area contributed by atoms with Gasteiger partial charge in [-0.25, -0.2) is 0 Å². The molecule has 2 aromatic carbocycles. The fourth-order valence-electron chi connectivity index (χ4n) is 3.32. The van der Waals surface area contributed by atoms with E-state index in [0.29, 0.717) is 11.1 Å². The maximum Gasteiger partial charge on any atom is 0.308 e. The van der Waals surface area contributed by atoms with Crippen LogP contribution in [0.4, 0.5) is 0 Å². The summed E-state index contributed by atoms with van der Waals surface area (Å²) in [4.78, 5) is 25.5. The van der Waals surface area contributed by atoms with Crippen molar-refractivity contribution in [3.05, 3.63) is 71.0 Å². The molecule has 30 heavy (non-hydrogen) atoms. The standard InChI is InChI=1S/C24H27NO5/c1-15(2)29-22(26)13-20(17-11-9-16(3)10-12-17)25-24(27)23-19(14-28-4)18-7-5-6-8-21(18)30-23/h5-12,15,20H,13-14H2,1-4H3,(H,25,27). The van der Waals surface area contributed by atoms with Crippen molar-refractivity contribution in [3.63, 3.8) is 0 Å². The van der Waals surface area contributed by atoms with Crippen molar-refractivity contribution in [1.82, 2.24) is 5.32 Å². The SMILES string of the molecule is COCc1c(C(=O)NC(CC(=O)OC(C)C)c2ccc(C)cc2)oc2ccccc12. The van der Waals surface area contributed by atoms with Crippen molar-refractivity contribution >= 4 is 22.8 Å². The van der Waals surface area contributed by atoms with Crippen LogP contribution >= 0.6 is 0 Å². The molecule has 158 valence electrons. The number of ether oxygens (including phenoxy) is 2. The number of methoxy groups -OCH3 is 1. The van der Waals surface area contributed by atoms with Crippen LogP contribution in [-0.2, 0) is 20.9 Å². The van der Waals surface area contributed by atoms with Crippen molar-refractivity contribution < 1.29 is 23.5 Å². The molecular formula is C24H27NO5. The number of benzene rings is 2. The quantitative estimate of drug-likeness (QED) is 0.546. The Morgan fingerprint density at radius 1 is 1.07 bits per heavy atom. The number of para-hydroxylation sites is 1. The van der Waals surface area contributed by atoms with Gasteiger partial charge in [-0.1, -0.05) is 48.0 Å². The van der Waals surface area contributed by atoms with E-state index in [-0.39, 0.29) is 30.9 Å². The number of carbonyl (C=O) groups is 2. The maximum absolute atomic E-state index is 13.2. The van der Waals surface area contributed by atoms with Crippen molar-refractivity contribution in [2.45, 2.75) is 45.9 Å². The van der Waals surface area contributed by atoms with Crippen LogP contribution in [0, 0.1) is 6.92 Å². The van der Waals surface area contributed by atoms with Gasteiger partial charge >= 0.3 is 5.97 Å². The van der Waals surface area contributed by atoms with Gasteiger partial charge in [0.2, 0.25) is 0 Å². The van der Waals surface area contributed by atoms with Crippen molar-refractivity contribution in [3.8, 4) is 0 Å². The zero-order valence-corrected chi connectivity index (χ0v) is 17.7. The van der Waals surface area contributed by atoms with Crippen molar-refractivity contribution in [1.29, 1.82) is 0 Å². The number of aryl methyl sites for hydroxylation is 1. The average molecular weight is 409 g/mol. The summed E-state index contributed by atoms with van der Waals surface area (Å²) in [6.45, 7) is 5.81. The molecule has 0 aliphatic carbocycles. The van der Waals surface area contributed by atoms with Gasteiger partial charge in [0.1, 0.15) is 5.58 Å². The Labute approximate surface area is 176 Å². The first kappa shape index (κ1) is 21.6. The van der Waals surface area contributed by atoms with Crippen LogP contribution in [0.3, 0.4) is 0 Å². The lowest BCUT2D eigenvalue weighted by atomic mass is 10.0. The third-order valence-electron chi connectivity index (χ3n) is 4.72. The number of esters is 1. The van der Waals surface area contributed by atoms with E-state index >= 15 is 0 Å². The molecule has 0 radical (unpaired) electrons. The maximum atomic E-state index is 13.2. The Hall–Kier alpha value is -3.12. The Kier molecular flexibility index (Phi) is 6.90. The molecule has 0 aliphatic rings. The summed E-state index contributed by atoms with van der Waals surface area (Å²) in [5.41, 5.74) is 3.20. The Bertz CT molecular complexity index is 1020. The van der Waals surface area contributed by atoms with E-state index in [9.17, 15) is 9.59 Å². The molecular weight excluding hydrogens is 382 g/mol. The van der Waals surface area contributed by atoms with Crippen LogP contribution in [0.2, 0.25) is 0 Å². The minimum Gasteiger partial charge on any atom is -0.463 e. The van der Waals surface area contributed by atoms with Crippen LogP contribution in [0.15, 0.2) is 52.9 Å². The van der Waals surface area contributed by atoms with Gasteiger partial charge < -0.3 is 19.2 Å². The molecule has 3 rings (SSSR count). The number of hydrogen-bond acceptors (Lipinski definition) is 5. The van der Waals surface area contributed by atoms with Gasteiger partial charge in [0.15, 0.2) is 5.76 Å². The van der Waals surface area contributed by atoms with Crippen LogP contribution in [0.1, 0.15) is 53.6 Å². The van der Waals surface area contributed by atoms with Crippen molar-refractivity contribution in [2.24, 2.45) is 0 Å². The highest BCUT2D eigenvalue weighted by Crippen LogP contribution is 2.28. The van der Waals surface area contributed by atoms with E-state index in [4.69, 9.17) is 13.9 Å². The summed E-state index contributed by atoms with van der Waals surface area (Å²) in [5.74, 6) is -0.592. The monoisotopic (exact) mass is 409 g/mol. The number of hydrogen-bond donors (Lipinski definition) is 1. The number of nitrogens with one attached hydrogen (secondary N) is 1. The predicted molar refractivity (Wildman–Crippen MR) is 114 cm³/mol. The fraction of sp³-hybridized carbons (Fsp3) is 0.333. The molecule has 0 bridgehead atoms. The highest BCUT2D eigenvalue weighted by atomic mass is 16.5. The van der Waals surface area contributed by atoms with Crippen molar-refractivity contribution in [2.75, 3.05) is 7.11 Å². The Balaban J connectivity index is 1.90. The summed E-state index contributed by atoms with van der Waals surface area (Å²) < 4.78 is 16.4. The first-order chi connectivity index (χ1) is 14.4. The Morgan fingerprint density at radius 2 is 1.77 bits per heavy atom. The van der Waals surface area contributed by atoms with Gasteiger partial charge in [-0.05, 0) is 32.4 Å². The minimum absolute atomic E-state index is 0.0207. The Morgan fingerprint density at radius 3 is 2.43 bits per heavy atom. The number of amides is 1. The zero-order valence-electron chi connectivity index (χ0n) is 17.7. The van der Waals surface area contributed by atoms with E-state index < -0.39 is 11.9 Å². The van der Waals surface area contributed by atoms with E-state index in [2.05, 4.69) is 5.32 Å². The molecule has 1 atom stereocenters. The second-order valence-electron chi connectivity index (χ2n) is 7.52. The van der Waals surface area contributed by atoms with Crippen LogP contribution in [0.25, 0.3) is 11.0 Å². The molecule has 6 heteroatoms. The summed E-state index contributed by atoms with van der Waals surface area (Å²) in [6.07, 6.45) is -0.206. The zero-order chi connectivity index (χ0) is 21.7. The molecule has 1 amide bonds. The molecule has 1 N–H and O–H groups in total. The van der Waals surface area contributed by atoms with E-state index in [1.807, 2.05) is 55.5 Å². The van der Waals surface area contributed by atoms with E-state index in [1.54, 1.807) is 21.0 Å². The lowest BCUT2D eigenvalue weighted by Crippen LogP contribution is -2.31. The summed E-state index contributed by atoms with van der Waals surface area (Å²) in [7, 11) is 1.57. The summed E-state index contributed by atoms with van der Waals surface area (Å²) >= 11 is 0. The number of rotatable bonds is 8. The van der Waals surface area contributed by atoms with Gasteiger partial charge in [-0.15, -0.1) is 0 Å². The van der Waals surface area contributed by atoms with Gasteiger partial charge in [-0.3, -0.25) is 9.59 Å². The smallest absolute Gasteiger partial charge is 0.308 e. The molecule has 0 aliphatic heterocycles. The summed E-state index contributed by atoms with van der Waals surface area (Å²) in [6, 6.07) is 14.6. The lowest BCUT2D eigenvalue weighted by Gasteiger charge is -2.19. The first-order valence-electron chi connectivity index (χ1n) is 9.95. The second-order valence-corrected chi connectivity index (χ2v) is 7.52. The minimum atomic E-state index is -0.548. The third kappa shape index (κ3) is 5.07.